The van der Waals surface area contributed by atoms with E-state index in [2.05, 4.69) is 14.8 Å². The summed E-state index contributed by atoms with van der Waals surface area (Å²) in [7, 11) is -4.02. The summed E-state index contributed by atoms with van der Waals surface area (Å²) < 4.78 is 72.9. The third-order valence-electron chi connectivity index (χ3n) is 4.06. The van der Waals surface area contributed by atoms with Gasteiger partial charge < -0.3 is 9.72 Å². The average Bonchev–Trinajstić information content (AvgIpc) is 3.16. The monoisotopic (exact) mass is 386 g/mol. The first-order valence-corrected chi connectivity index (χ1v) is 9.08. The van der Waals surface area contributed by atoms with Crippen molar-refractivity contribution in [3.63, 3.8) is 0 Å². The van der Waals surface area contributed by atoms with E-state index in [-0.39, 0.29) is 21.6 Å². The van der Waals surface area contributed by atoms with Crippen LogP contribution in [-0.4, -0.2) is 29.8 Å². The Morgan fingerprint density at radius 1 is 1.27 bits per heavy atom. The van der Waals surface area contributed by atoms with E-state index < -0.39 is 21.8 Å². The molecule has 138 valence electrons. The number of nitrogens with zero attached hydrogens (tertiary/aromatic N) is 2. The van der Waals surface area contributed by atoms with Crippen LogP contribution < -0.4 is 4.72 Å². The first-order valence-electron chi connectivity index (χ1n) is 7.60. The number of fused-ring (bicyclic) bond motifs is 2. The second-order valence-electron chi connectivity index (χ2n) is 5.81. The number of anilines is 1. The topological polar surface area (TPSA) is 89.0 Å². The third-order valence-corrected chi connectivity index (χ3v) is 5.45. The van der Waals surface area contributed by atoms with Crippen molar-refractivity contribution in [3.8, 4) is 0 Å². The molecule has 1 aliphatic rings. The molecule has 0 fully saturated rings. The van der Waals surface area contributed by atoms with Crippen molar-refractivity contribution in [3.05, 3.63) is 41.7 Å². The molecular formula is C15H13F3N4O3S. The van der Waals surface area contributed by atoms with Gasteiger partial charge in [0.1, 0.15) is 4.90 Å². The van der Waals surface area contributed by atoms with Gasteiger partial charge in [-0.2, -0.15) is 18.3 Å². The predicted octanol–water partition coefficient (Wildman–Crippen LogP) is 2.71. The Kier molecular flexibility index (Phi) is 3.74. The summed E-state index contributed by atoms with van der Waals surface area (Å²) in [5.74, 6) is 0.131. The van der Waals surface area contributed by atoms with Gasteiger partial charge in [-0.1, -0.05) is 6.07 Å². The number of halogens is 3. The van der Waals surface area contributed by atoms with Gasteiger partial charge in [-0.25, -0.2) is 8.42 Å². The molecule has 0 spiro atoms. The summed E-state index contributed by atoms with van der Waals surface area (Å²) in [4.78, 5) is 2.43. The fraction of sp³-hybridized carbons (Fsp3) is 0.267. The highest BCUT2D eigenvalue weighted by atomic mass is 32.2. The molecule has 0 saturated heterocycles. The zero-order valence-corrected chi connectivity index (χ0v) is 14.0. The fourth-order valence-corrected chi connectivity index (χ4v) is 4.00. The van der Waals surface area contributed by atoms with Crippen LogP contribution in [0.3, 0.4) is 0 Å². The molecule has 0 bridgehead atoms. The van der Waals surface area contributed by atoms with Crippen LogP contribution in [0, 0.1) is 0 Å². The van der Waals surface area contributed by atoms with Crippen molar-refractivity contribution in [2.45, 2.75) is 24.2 Å². The number of alkyl halides is 3. The van der Waals surface area contributed by atoms with Gasteiger partial charge in [0.15, 0.2) is 5.82 Å². The Morgan fingerprint density at radius 3 is 2.81 bits per heavy atom. The van der Waals surface area contributed by atoms with Crippen molar-refractivity contribution in [2.24, 2.45) is 0 Å². The van der Waals surface area contributed by atoms with Crippen LogP contribution in [0.15, 0.2) is 35.4 Å². The molecule has 26 heavy (non-hydrogen) atoms. The highest BCUT2D eigenvalue weighted by Crippen LogP contribution is 2.33. The van der Waals surface area contributed by atoms with E-state index in [9.17, 15) is 21.6 Å². The van der Waals surface area contributed by atoms with Gasteiger partial charge in [0.2, 0.25) is 0 Å². The number of benzene rings is 1. The number of hydrogen-bond acceptors (Lipinski definition) is 4. The number of ether oxygens (including phenoxy) is 1. The van der Waals surface area contributed by atoms with Crippen molar-refractivity contribution >= 4 is 26.7 Å². The maximum absolute atomic E-state index is 12.8. The second kappa shape index (κ2) is 5.74. The smallest absolute Gasteiger partial charge is 0.373 e. The molecule has 1 aliphatic heterocycles. The Hall–Kier alpha value is -2.53. The first kappa shape index (κ1) is 16.9. The van der Waals surface area contributed by atoms with Crippen molar-refractivity contribution in [2.75, 3.05) is 11.3 Å². The molecule has 0 aliphatic carbocycles. The quantitative estimate of drug-likeness (QED) is 0.724. The van der Waals surface area contributed by atoms with E-state index in [4.69, 9.17) is 4.74 Å². The van der Waals surface area contributed by atoms with Crippen LogP contribution in [0.2, 0.25) is 0 Å². The molecule has 1 aromatic carbocycles. The van der Waals surface area contributed by atoms with E-state index in [0.717, 1.165) is 30.1 Å². The van der Waals surface area contributed by atoms with Crippen molar-refractivity contribution in [1.82, 2.24) is 14.8 Å². The Labute approximate surface area is 145 Å². The number of aromatic amines is 1. The van der Waals surface area contributed by atoms with Crippen LogP contribution in [0.25, 0.3) is 10.9 Å². The normalized spacial score (nSPS) is 15.2. The lowest BCUT2D eigenvalue weighted by atomic mass is 10.1. The Morgan fingerprint density at radius 2 is 2.08 bits per heavy atom. The minimum absolute atomic E-state index is 0.0812. The lowest BCUT2D eigenvalue weighted by Crippen LogP contribution is -2.17. The van der Waals surface area contributed by atoms with Crippen LogP contribution >= 0.6 is 0 Å². The van der Waals surface area contributed by atoms with Gasteiger partial charge in [0.25, 0.3) is 10.0 Å². The van der Waals surface area contributed by atoms with Crippen molar-refractivity contribution in [1.29, 1.82) is 0 Å². The maximum Gasteiger partial charge on any atom is 0.416 e. The van der Waals surface area contributed by atoms with E-state index in [1.54, 1.807) is 10.7 Å². The predicted molar refractivity (Wildman–Crippen MR) is 86.0 cm³/mol. The van der Waals surface area contributed by atoms with Crippen LogP contribution in [-0.2, 0) is 34.1 Å². The summed E-state index contributed by atoms with van der Waals surface area (Å²) in [6.45, 7) is 1.34. The van der Waals surface area contributed by atoms with Gasteiger partial charge in [-0.15, -0.1) is 0 Å². The zero-order chi connectivity index (χ0) is 18.5. The summed E-state index contributed by atoms with van der Waals surface area (Å²) in [5, 5.41) is 4.32. The van der Waals surface area contributed by atoms with Crippen LogP contribution in [0.1, 0.15) is 11.3 Å². The second-order valence-corrected chi connectivity index (χ2v) is 7.46. The third kappa shape index (κ3) is 2.92. The highest BCUT2D eigenvalue weighted by Gasteiger charge is 2.31. The molecule has 0 radical (unpaired) electrons. The number of aromatic nitrogens is 3. The molecule has 0 unspecified atom stereocenters. The fourth-order valence-electron chi connectivity index (χ4n) is 2.83. The number of nitrogens with one attached hydrogen (secondary N) is 2. The molecule has 2 N–H and O–H groups in total. The highest BCUT2D eigenvalue weighted by molar-refractivity contribution is 7.93. The molecule has 7 nitrogen and oxygen atoms in total. The van der Waals surface area contributed by atoms with Crippen LogP contribution in [0.5, 0.6) is 0 Å². The average molecular weight is 386 g/mol. The Balaban J connectivity index is 1.68. The molecule has 4 rings (SSSR count). The van der Waals surface area contributed by atoms with Crippen LogP contribution in [0.4, 0.5) is 19.0 Å². The summed E-state index contributed by atoms with van der Waals surface area (Å²) in [5.41, 5.74) is -0.0361. The van der Waals surface area contributed by atoms with Gasteiger partial charge in [-0.05, 0) is 12.1 Å². The summed E-state index contributed by atoms with van der Waals surface area (Å²) in [6, 6.07) is 4.42. The standard InChI is InChI=1S/C15H13F3N4O3S/c16-15(17,18)9-1-2-11-12(5-9)19-7-13(11)26(23,24)21-14-6-10-8-25-4-3-22(10)20-14/h1-2,5-7,19H,3-4,8H2,(H,20,21). The molecular weight excluding hydrogens is 373 g/mol. The van der Waals surface area contributed by atoms with Gasteiger partial charge >= 0.3 is 6.18 Å². The number of hydrogen-bond donors (Lipinski definition) is 2. The summed E-state index contributed by atoms with van der Waals surface area (Å²) >= 11 is 0. The minimum Gasteiger partial charge on any atom is -0.373 e. The Bertz CT molecular complexity index is 1060. The largest absolute Gasteiger partial charge is 0.416 e. The molecule has 3 heterocycles. The minimum atomic E-state index is -4.51. The van der Waals surface area contributed by atoms with E-state index >= 15 is 0 Å². The number of sulfonamides is 1. The molecule has 0 amide bonds. The molecule has 0 atom stereocenters. The van der Waals surface area contributed by atoms with E-state index in [1.165, 1.54) is 0 Å². The summed E-state index contributed by atoms with van der Waals surface area (Å²) in [6.07, 6.45) is -3.35. The van der Waals surface area contributed by atoms with Crippen molar-refractivity contribution < 1.29 is 26.3 Å². The lowest BCUT2D eigenvalue weighted by molar-refractivity contribution is -0.137. The molecule has 0 saturated carbocycles. The number of rotatable bonds is 3. The maximum atomic E-state index is 12.8. The number of H-pyrrole nitrogens is 1. The van der Waals surface area contributed by atoms with Gasteiger partial charge in [0, 0.05) is 23.2 Å². The first-order chi connectivity index (χ1) is 12.2. The van der Waals surface area contributed by atoms with E-state index in [0.29, 0.717) is 19.8 Å². The molecule has 2 aromatic heterocycles. The van der Waals surface area contributed by atoms with E-state index in [1.807, 2.05) is 0 Å². The molecule has 11 heteroatoms. The SMILES string of the molecule is O=S(=O)(Nc1cc2n(n1)CCOC2)c1c[nH]c2cc(C(F)(F)F)ccc12. The van der Waals surface area contributed by atoms with Gasteiger partial charge in [0.05, 0.1) is 31.0 Å². The molecule has 3 aromatic rings. The zero-order valence-electron chi connectivity index (χ0n) is 13.2. The van der Waals surface area contributed by atoms with Gasteiger partial charge in [-0.3, -0.25) is 9.40 Å². The lowest BCUT2D eigenvalue weighted by Gasteiger charge is -2.12.